The summed E-state index contributed by atoms with van der Waals surface area (Å²) in [4.78, 5) is 6.46. The highest BCUT2D eigenvalue weighted by atomic mass is 35.5. The van der Waals surface area contributed by atoms with E-state index in [1.165, 1.54) is 6.92 Å². The van der Waals surface area contributed by atoms with Gasteiger partial charge in [-0.05, 0) is 6.92 Å². The summed E-state index contributed by atoms with van der Waals surface area (Å²) >= 11 is 5.44. The SMILES string of the molecule is Cc1nc(C(F)(F)F)ncc1CCl. The second kappa shape index (κ2) is 3.49. The molecule has 0 N–H and O–H groups in total. The fourth-order valence-electron chi connectivity index (χ4n) is 0.760. The largest absolute Gasteiger partial charge is 0.451 e. The fraction of sp³-hybridized carbons (Fsp3) is 0.429. The van der Waals surface area contributed by atoms with Crippen LogP contribution in [-0.4, -0.2) is 9.97 Å². The standard InChI is InChI=1S/C7H6ClF3N2/c1-4-5(2-8)3-12-6(13-4)7(9,10)11/h3H,2H2,1H3. The summed E-state index contributed by atoms with van der Waals surface area (Å²) in [5, 5.41) is 0. The van der Waals surface area contributed by atoms with E-state index in [0.29, 0.717) is 5.56 Å². The Morgan fingerprint density at radius 2 is 2.08 bits per heavy atom. The third-order valence-corrected chi connectivity index (χ3v) is 1.77. The van der Waals surface area contributed by atoms with Crippen molar-refractivity contribution in [3.63, 3.8) is 0 Å². The Balaban J connectivity index is 3.10. The minimum Gasteiger partial charge on any atom is -0.233 e. The van der Waals surface area contributed by atoms with Gasteiger partial charge >= 0.3 is 6.18 Å². The molecule has 0 aromatic carbocycles. The molecule has 0 saturated heterocycles. The number of rotatable bonds is 1. The molecule has 0 radical (unpaired) electrons. The molecule has 1 aromatic rings. The van der Waals surface area contributed by atoms with E-state index in [1.54, 1.807) is 0 Å². The van der Waals surface area contributed by atoms with Crippen molar-refractivity contribution < 1.29 is 13.2 Å². The zero-order valence-corrected chi connectivity index (χ0v) is 7.45. The molecule has 2 nitrogen and oxygen atoms in total. The molecule has 1 rings (SSSR count). The number of alkyl halides is 4. The van der Waals surface area contributed by atoms with Crippen molar-refractivity contribution in [2.24, 2.45) is 0 Å². The van der Waals surface area contributed by atoms with Crippen molar-refractivity contribution >= 4 is 11.6 Å². The Labute approximate surface area is 77.8 Å². The van der Waals surface area contributed by atoms with Crippen LogP contribution < -0.4 is 0 Å². The van der Waals surface area contributed by atoms with E-state index >= 15 is 0 Å². The molecule has 72 valence electrons. The maximum Gasteiger partial charge on any atom is 0.451 e. The third-order valence-electron chi connectivity index (χ3n) is 1.48. The van der Waals surface area contributed by atoms with E-state index in [9.17, 15) is 13.2 Å². The highest BCUT2D eigenvalue weighted by molar-refractivity contribution is 6.17. The molecule has 0 atom stereocenters. The molecule has 0 unspecified atom stereocenters. The third kappa shape index (κ3) is 2.30. The predicted octanol–water partition coefficient (Wildman–Crippen LogP) is 2.54. The van der Waals surface area contributed by atoms with Crippen LogP contribution >= 0.6 is 11.6 Å². The van der Waals surface area contributed by atoms with Crippen LogP contribution in [0.15, 0.2) is 6.20 Å². The molecule has 0 amide bonds. The molecule has 0 spiro atoms. The lowest BCUT2D eigenvalue weighted by atomic mass is 10.3. The molecule has 1 heterocycles. The maximum atomic E-state index is 12.0. The van der Waals surface area contributed by atoms with Gasteiger partial charge in [-0.2, -0.15) is 13.2 Å². The Morgan fingerprint density at radius 3 is 2.46 bits per heavy atom. The van der Waals surface area contributed by atoms with Crippen molar-refractivity contribution in [3.05, 3.63) is 23.3 Å². The van der Waals surface area contributed by atoms with Crippen LogP contribution in [0.3, 0.4) is 0 Å². The van der Waals surface area contributed by atoms with E-state index < -0.39 is 12.0 Å². The van der Waals surface area contributed by atoms with Gasteiger partial charge in [0.15, 0.2) is 0 Å². The molecule has 0 aliphatic rings. The number of aryl methyl sites for hydroxylation is 1. The first kappa shape index (κ1) is 10.2. The number of nitrogens with zero attached hydrogens (tertiary/aromatic N) is 2. The van der Waals surface area contributed by atoms with Gasteiger partial charge in [0.2, 0.25) is 5.82 Å². The van der Waals surface area contributed by atoms with Crippen molar-refractivity contribution in [1.82, 2.24) is 9.97 Å². The molecular weight excluding hydrogens is 205 g/mol. The van der Waals surface area contributed by atoms with Crippen molar-refractivity contribution in [2.45, 2.75) is 19.0 Å². The molecule has 13 heavy (non-hydrogen) atoms. The number of hydrogen-bond acceptors (Lipinski definition) is 2. The zero-order chi connectivity index (χ0) is 10.1. The Morgan fingerprint density at radius 1 is 1.46 bits per heavy atom. The minimum atomic E-state index is -4.49. The predicted molar refractivity (Wildman–Crippen MR) is 41.3 cm³/mol. The van der Waals surface area contributed by atoms with E-state index in [1.807, 2.05) is 0 Å². The van der Waals surface area contributed by atoms with Gasteiger partial charge in [0.05, 0.1) is 5.88 Å². The number of aromatic nitrogens is 2. The van der Waals surface area contributed by atoms with E-state index in [0.717, 1.165) is 6.20 Å². The molecule has 0 aliphatic heterocycles. The van der Waals surface area contributed by atoms with Crippen molar-refractivity contribution in [1.29, 1.82) is 0 Å². The summed E-state index contributed by atoms with van der Waals surface area (Å²) in [6.45, 7) is 1.47. The van der Waals surface area contributed by atoms with Crippen molar-refractivity contribution in [3.8, 4) is 0 Å². The Bertz CT molecular complexity index is 311. The van der Waals surface area contributed by atoms with Gasteiger partial charge in [-0.15, -0.1) is 11.6 Å². The average molecular weight is 211 g/mol. The summed E-state index contributed by atoms with van der Waals surface area (Å²) in [5.41, 5.74) is 0.770. The second-order valence-electron chi connectivity index (χ2n) is 2.44. The van der Waals surface area contributed by atoms with Crippen LogP contribution in [0.1, 0.15) is 17.1 Å². The highest BCUT2D eigenvalue weighted by Gasteiger charge is 2.34. The smallest absolute Gasteiger partial charge is 0.233 e. The monoisotopic (exact) mass is 210 g/mol. The fourth-order valence-corrected chi connectivity index (χ4v) is 1.02. The molecule has 0 bridgehead atoms. The normalized spacial score (nSPS) is 11.8. The lowest BCUT2D eigenvalue weighted by Crippen LogP contribution is -2.12. The first-order chi connectivity index (χ1) is 5.95. The quantitative estimate of drug-likeness (QED) is 0.666. The van der Waals surface area contributed by atoms with E-state index in [-0.39, 0.29) is 11.6 Å². The van der Waals surface area contributed by atoms with Gasteiger partial charge in [0.25, 0.3) is 0 Å². The number of hydrogen-bond donors (Lipinski definition) is 0. The lowest BCUT2D eigenvalue weighted by molar-refractivity contribution is -0.145. The lowest BCUT2D eigenvalue weighted by Gasteiger charge is -2.06. The molecular formula is C7H6ClF3N2. The van der Waals surface area contributed by atoms with Gasteiger partial charge in [0.1, 0.15) is 0 Å². The molecule has 1 aromatic heterocycles. The van der Waals surface area contributed by atoms with Crippen LogP contribution in [0.25, 0.3) is 0 Å². The topological polar surface area (TPSA) is 25.8 Å². The maximum absolute atomic E-state index is 12.0. The van der Waals surface area contributed by atoms with E-state index in [4.69, 9.17) is 11.6 Å². The van der Waals surface area contributed by atoms with Crippen LogP contribution in [0.4, 0.5) is 13.2 Å². The Kier molecular flexibility index (Phi) is 2.75. The van der Waals surface area contributed by atoms with Crippen LogP contribution in [0.2, 0.25) is 0 Å². The van der Waals surface area contributed by atoms with Gasteiger partial charge in [-0.1, -0.05) is 0 Å². The van der Waals surface area contributed by atoms with Gasteiger partial charge < -0.3 is 0 Å². The molecule has 0 saturated carbocycles. The number of halogens is 4. The zero-order valence-electron chi connectivity index (χ0n) is 6.69. The molecule has 0 fully saturated rings. The first-order valence-corrected chi connectivity index (χ1v) is 3.94. The van der Waals surface area contributed by atoms with Crippen LogP contribution in [0.5, 0.6) is 0 Å². The van der Waals surface area contributed by atoms with Gasteiger partial charge in [-0.25, -0.2) is 9.97 Å². The Hall–Kier alpha value is -0.840. The first-order valence-electron chi connectivity index (χ1n) is 3.41. The molecule has 0 aliphatic carbocycles. The summed E-state index contributed by atoms with van der Waals surface area (Å²) in [6, 6.07) is 0. The summed E-state index contributed by atoms with van der Waals surface area (Å²) < 4.78 is 36.1. The van der Waals surface area contributed by atoms with Crippen molar-refractivity contribution in [2.75, 3.05) is 0 Å². The summed E-state index contributed by atoms with van der Waals surface area (Å²) in [6.07, 6.45) is -3.40. The average Bonchev–Trinajstić information content (AvgIpc) is 2.02. The van der Waals surface area contributed by atoms with Gasteiger partial charge in [-0.3, -0.25) is 0 Å². The highest BCUT2D eigenvalue weighted by Crippen LogP contribution is 2.26. The second-order valence-corrected chi connectivity index (χ2v) is 2.70. The van der Waals surface area contributed by atoms with Crippen LogP contribution in [0, 0.1) is 6.92 Å². The van der Waals surface area contributed by atoms with Crippen LogP contribution in [-0.2, 0) is 12.1 Å². The summed E-state index contributed by atoms with van der Waals surface area (Å²) in [5.74, 6) is -1.01. The minimum absolute atomic E-state index is 0.115. The van der Waals surface area contributed by atoms with E-state index in [2.05, 4.69) is 9.97 Å². The molecule has 6 heteroatoms. The van der Waals surface area contributed by atoms with Gasteiger partial charge in [0, 0.05) is 17.5 Å². The summed E-state index contributed by atoms with van der Waals surface area (Å²) in [7, 11) is 0.